The first-order valence-electron chi connectivity index (χ1n) is 12.4. The summed E-state index contributed by atoms with van der Waals surface area (Å²) < 4.78 is 114. The van der Waals surface area contributed by atoms with Crippen LogP contribution in [0.1, 0.15) is 34.5 Å². The van der Waals surface area contributed by atoms with Gasteiger partial charge in [-0.3, -0.25) is 4.90 Å². The first kappa shape index (κ1) is 30.9. The Morgan fingerprint density at radius 1 is 1.02 bits per heavy atom. The zero-order chi connectivity index (χ0) is 29.8. The van der Waals surface area contributed by atoms with Crippen molar-refractivity contribution in [1.82, 2.24) is 15.4 Å². The average Bonchev–Trinajstić information content (AvgIpc) is 3.30. The Morgan fingerprint density at radius 3 is 2.29 bits per heavy atom. The minimum atomic E-state index is -4.51. The number of hydroxylamine groups is 1. The van der Waals surface area contributed by atoms with Crippen molar-refractivity contribution in [1.29, 1.82) is 0 Å². The Balaban J connectivity index is 1.56. The molecular formula is C26H25F8N3O3S. The number of likely N-dealkylation sites (tertiary alicyclic amines) is 1. The molecule has 1 aliphatic heterocycles. The number of piperidine rings is 1. The number of ether oxygens (including phenoxy) is 2. The molecule has 3 aromatic rings. The Kier molecular flexibility index (Phi) is 9.72. The van der Waals surface area contributed by atoms with Crippen LogP contribution in [0.2, 0.25) is 0 Å². The monoisotopic (exact) mass is 611 g/mol. The van der Waals surface area contributed by atoms with E-state index in [2.05, 4.69) is 9.72 Å². The molecule has 0 atom stereocenters. The number of hydrogen-bond donors (Lipinski definition) is 2. The van der Waals surface area contributed by atoms with Crippen molar-refractivity contribution in [3.05, 3.63) is 64.2 Å². The topological polar surface area (TPSA) is 66.8 Å². The highest BCUT2D eigenvalue weighted by Gasteiger charge is 2.41. The molecule has 15 heteroatoms. The van der Waals surface area contributed by atoms with E-state index in [1.807, 2.05) is 10.4 Å². The van der Waals surface area contributed by atoms with Crippen LogP contribution in [-0.2, 0) is 25.9 Å². The number of nitrogens with zero attached hydrogens (tertiary/aromatic N) is 2. The van der Waals surface area contributed by atoms with Gasteiger partial charge in [-0.05, 0) is 44.1 Å². The lowest BCUT2D eigenvalue weighted by Crippen LogP contribution is -2.38. The van der Waals surface area contributed by atoms with Crippen LogP contribution in [-0.4, -0.2) is 41.0 Å². The van der Waals surface area contributed by atoms with Gasteiger partial charge in [0.2, 0.25) is 0 Å². The van der Waals surface area contributed by atoms with Gasteiger partial charge in [-0.1, -0.05) is 18.2 Å². The van der Waals surface area contributed by atoms with Crippen molar-refractivity contribution >= 4 is 11.3 Å². The second-order valence-electron chi connectivity index (χ2n) is 9.33. The number of halogens is 8. The van der Waals surface area contributed by atoms with E-state index < -0.39 is 30.4 Å². The molecular weight excluding hydrogens is 586 g/mol. The highest BCUT2D eigenvalue weighted by Crippen LogP contribution is 2.37. The van der Waals surface area contributed by atoms with Crippen molar-refractivity contribution in [2.45, 2.75) is 51.5 Å². The summed E-state index contributed by atoms with van der Waals surface area (Å²) in [7, 11) is 0. The molecule has 0 unspecified atom stereocenters. The van der Waals surface area contributed by atoms with Crippen LogP contribution in [0.5, 0.6) is 11.5 Å². The highest BCUT2D eigenvalue weighted by molar-refractivity contribution is 7.15. The summed E-state index contributed by atoms with van der Waals surface area (Å²) in [6.07, 6.45) is -8.90. The molecule has 224 valence electrons. The van der Waals surface area contributed by atoms with Crippen LogP contribution in [0.15, 0.2) is 42.5 Å². The predicted octanol–water partition coefficient (Wildman–Crippen LogP) is 7.26. The molecule has 4 rings (SSSR count). The quantitative estimate of drug-likeness (QED) is 0.186. The zero-order valence-electron chi connectivity index (χ0n) is 21.2. The first-order valence-corrected chi connectivity index (χ1v) is 13.2. The Hall–Kier alpha value is -3.01. The molecule has 6 nitrogen and oxygen atoms in total. The van der Waals surface area contributed by atoms with Gasteiger partial charge in [0.25, 0.3) is 0 Å². The summed E-state index contributed by atoms with van der Waals surface area (Å²) in [5, 5.41) is 9.32. The lowest BCUT2D eigenvalue weighted by Gasteiger charge is -2.32. The van der Waals surface area contributed by atoms with Gasteiger partial charge in [0.1, 0.15) is 23.1 Å². The number of nitrogens with one attached hydrogen (secondary N) is 1. The maximum atomic E-state index is 13.1. The van der Waals surface area contributed by atoms with Crippen molar-refractivity contribution in [3.8, 4) is 22.1 Å². The number of rotatable bonds is 10. The maximum absolute atomic E-state index is 13.1. The minimum absolute atomic E-state index is 0.0623. The molecule has 2 N–H and O–H groups in total. The molecule has 0 aliphatic carbocycles. The fourth-order valence-electron chi connectivity index (χ4n) is 4.39. The Morgan fingerprint density at radius 2 is 1.71 bits per heavy atom. The fourth-order valence-corrected chi connectivity index (χ4v) is 5.37. The van der Waals surface area contributed by atoms with Crippen LogP contribution in [0.4, 0.5) is 35.1 Å². The van der Waals surface area contributed by atoms with Gasteiger partial charge in [-0.2, -0.15) is 35.1 Å². The van der Waals surface area contributed by atoms with Crippen LogP contribution in [0.25, 0.3) is 10.6 Å². The number of aromatic nitrogens is 1. The van der Waals surface area contributed by atoms with Crippen LogP contribution < -0.4 is 15.0 Å². The van der Waals surface area contributed by atoms with Crippen LogP contribution >= 0.6 is 11.3 Å². The lowest BCUT2D eigenvalue weighted by molar-refractivity contribution is -0.185. The van der Waals surface area contributed by atoms with Gasteiger partial charge in [-0.15, -0.1) is 11.3 Å². The zero-order valence-corrected chi connectivity index (χ0v) is 22.1. The van der Waals surface area contributed by atoms with E-state index in [1.165, 1.54) is 30.3 Å². The molecule has 0 amide bonds. The van der Waals surface area contributed by atoms with E-state index in [-0.39, 0.29) is 62.7 Å². The molecule has 41 heavy (non-hydrogen) atoms. The third-order valence-electron chi connectivity index (χ3n) is 6.56. The van der Waals surface area contributed by atoms with Crippen molar-refractivity contribution < 1.29 is 49.8 Å². The Bertz CT molecular complexity index is 1290. The normalized spacial score (nSPS) is 15.5. The van der Waals surface area contributed by atoms with Crippen LogP contribution in [0, 0.1) is 5.92 Å². The molecule has 2 aromatic carbocycles. The highest BCUT2D eigenvalue weighted by atomic mass is 32.1. The van der Waals surface area contributed by atoms with Gasteiger partial charge < -0.3 is 14.7 Å². The fraction of sp³-hybridized carbons (Fsp3) is 0.423. The average molecular weight is 612 g/mol. The summed E-state index contributed by atoms with van der Waals surface area (Å²) in [6.45, 7) is -2.82. The molecule has 1 aromatic heterocycles. The maximum Gasteiger partial charge on any atom is 0.416 e. The number of benzene rings is 2. The third-order valence-corrected chi connectivity index (χ3v) is 7.68. The van der Waals surface area contributed by atoms with Crippen molar-refractivity contribution in [2.75, 3.05) is 13.1 Å². The minimum Gasteiger partial charge on any atom is -0.488 e. The van der Waals surface area contributed by atoms with Gasteiger partial charge in [-0.25, -0.2) is 10.5 Å². The van der Waals surface area contributed by atoms with Gasteiger partial charge in [0.15, 0.2) is 0 Å². The molecule has 0 bridgehead atoms. The second kappa shape index (κ2) is 12.9. The summed E-state index contributed by atoms with van der Waals surface area (Å²) in [4.78, 5) is 6.96. The van der Waals surface area contributed by atoms with E-state index in [0.717, 1.165) is 23.5 Å². The van der Waals surface area contributed by atoms with Crippen LogP contribution in [0.3, 0.4) is 0 Å². The smallest absolute Gasteiger partial charge is 0.416 e. The number of thiazole rings is 1. The lowest BCUT2D eigenvalue weighted by atomic mass is 9.96. The SMILES string of the molecule is ONCc1ccc(OCc2sc(-c3ccc(C(F)(F)F)cc3)nc2CN2CCC(C(F)(F)F)CC2)cc1OC(F)F. The molecule has 0 spiro atoms. The Labute approximate surface area is 233 Å². The molecule has 1 aliphatic rings. The van der Waals surface area contributed by atoms with Gasteiger partial charge in [0, 0.05) is 30.3 Å². The van der Waals surface area contributed by atoms with Gasteiger partial charge in [0.05, 0.1) is 22.1 Å². The molecule has 1 fully saturated rings. The van der Waals surface area contributed by atoms with E-state index in [4.69, 9.17) is 9.94 Å². The summed E-state index contributed by atoms with van der Waals surface area (Å²) in [6, 6.07) is 8.55. The molecule has 1 saturated heterocycles. The van der Waals surface area contributed by atoms with E-state index in [0.29, 0.717) is 21.1 Å². The molecule has 0 saturated carbocycles. The van der Waals surface area contributed by atoms with Crippen molar-refractivity contribution in [2.24, 2.45) is 5.92 Å². The molecule has 0 radical (unpaired) electrons. The summed E-state index contributed by atoms with van der Waals surface area (Å²) in [5.41, 5.74) is 2.18. The molecule has 2 heterocycles. The largest absolute Gasteiger partial charge is 0.488 e. The van der Waals surface area contributed by atoms with E-state index in [9.17, 15) is 35.1 Å². The van der Waals surface area contributed by atoms with E-state index in [1.54, 1.807) is 0 Å². The standard InChI is InChI=1S/C26H25F8N3O3S/c27-24(28)40-21-11-19(6-3-16(21)12-35-38)39-14-22-20(13-37-9-7-18(8-10-37)26(32,33)34)36-23(41-22)15-1-4-17(5-2-15)25(29,30)31/h1-6,11,18,24,35,38H,7-10,12-14H2. The van der Waals surface area contributed by atoms with Crippen molar-refractivity contribution in [3.63, 3.8) is 0 Å². The number of alkyl halides is 8. The predicted molar refractivity (Wildman–Crippen MR) is 133 cm³/mol. The third kappa shape index (κ3) is 8.27. The summed E-state index contributed by atoms with van der Waals surface area (Å²) >= 11 is 1.15. The number of hydrogen-bond acceptors (Lipinski definition) is 7. The van der Waals surface area contributed by atoms with Gasteiger partial charge >= 0.3 is 19.0 Å². The summed E-state index contributed by atoms with van der Waals surface area (Å²) in [5.74, 6) is -1.45. The first-order chi connectivity index (χ1) is 19.3. The van der Waals surface area contributed by atoms with E-state index >= 15 is 0 Å². The second-order valence-corrected chi connectivity index (χ2v) is 10.4.